The Kier molecular flexibility index (Phi) is 5.29. The monoisotopic (exact) mass is 271 g/mol. The molecule has 0 bridgehead atoms. The summed E-state index contributed by atoms with van der Waals surface area (Å²) < 4.78 is 0. The molecule has 0 fully saturated rings. The van der Waals surface area contributed by atoms with Crippen LogP contribution >= 0.6 is 0 Å². The molecule has 0 radical (unpaired) electrons. The Labute approximate surface area is 119 Å². The lowest BCUT2D eigenvalue weighted by atomic mass is 10.3. The number of nitrogens with one attached hydrogen (secondary N) is 2. The van der Waals surface area contributed by atoms with Gasteiger partial charge in [0.05, 0.1) is 0 Å². The summed E-state index contributed by atoms with van der Waals surface area (Å²) in [5.74, 6) is 1.52. The van der Waals surface area contributed by atoms with E-state index >= 15 is 0 Å². The molecule has 0 saturated carbocycles. The highest BCUT2D eigenvalue weighted by Crippen LogP contribution is 2.11. The molecular formula is C15H21N5. The molecule has 0 aliphatic rings. The van der Waals surface area contributed by atoms with Crippen LogP contribution in [0.5, 0.6) is 0 Å². The molecular weight excluding hydrogens is 250 g/mol. The number of nitrogens with zero attached hydrogens (tertiary/aromatic N) is 3. The van der Waals surface area contributed by atoms with Crippen molar-refractivity contribution in [1.82, 2.24) is 15.0 Å². The molecule has 2 heterocycles. The third-order valence-electron chi connectivity index (χ3n) is 2.86. The van der Waals surface area contributed by atoms with Gasteiger partial charge in [0.15, 0.2) is 0 Å². The minimum atomic E-state index is 0.687. The lowest BCUT2D eigenvalue weighted by Gasteiger charge is -2.09. The predicted octanol–water partition coefficient (Wildman–Crippen LogP) is 3.00. The first-order valence-electron chi connectivity index (χ1n) is 7.00. The molecule has 0 aromatic carbocycles. The fraction of sp³-hybridized carbons (Fsp3) is 0.400. The molecule has 2 N–H and O–H groups in total. The minimum absolute atomic E-state index is 0.687. The van der Waals surface area contributed by atoms with Gasteiger partial charge in [-0.05, 0) is 25.0 Å². The average Bonchev–Trinajstić information content (AvgIpc) is 2.46. The average molecular weight is 271 g/mol. The molecule has 0 aliphatic heterocycles. The Bertz CT molecular complexity index is 527. The maximum absolute atomic E-state index is 4.47. The number of pyridine rings is 1. The van der Waals surface area contributed by atoms with E-state index in [0.29, 0.717) is 12.5 Å². The molecule has 0 atom stereocenters. The molecule has 5 heteroatoms. The molecule has 2 aromatic heterocycles. The highest BCUT2D eigenvalue weighted by molar-refractivity contribution is 5.42. The van der Waals surface area contributed by atoms with E-state index in [2.05, 4.69) is 32.5 Å². The fourth-order valence-corrected chi connectivity index (χ4v) is 1.81. The zero-order valence-electron chi connectivity index (χ0n) is 12.1. The van der Waals surface area contributed by atoms with Gasteiger partial charge in [-0.2, -0.15) is 4.98 Å². The summed E-state index contributed by atoms with van der Waals surface area (Å²) in [5.41, 5.74) is 2.08. The zero-order chi connectivity index (χ0) is 14.2. The van der Waals surface area contributed by atoms with Gasteiger partial charge in [0.1, 0.15) is 5.82 Å². The van der Waals surface area contributed by atoms with Gasteiger partial charge in [0, 0.05) is 37.2 Å². The van der Waals surface area contributed by atoms with Gasteiger partial charge in [-0.1, -0.05) is 19.4 Å². The van der Waals surface area contributed by atoms with Gasteiger partial charge in [0.2, 0.25) is 5.95 Å². The number of aryl methyl sites for hydroxylation is 1. The van der Waals surface area contributed by atoms with Gasteiger partial charge in [-0.15, -0.1) is 0 Å². The second-order valence-electron chi connectivity index (χ2n) is 4.71. The topological polar surface area (TPSA) is 62.7 Å². The summed E-state index contributed by atoms with van der Waals surface area (Å²) in [6.45, 7) is 5.75. The fourth-order valence-electron chi connectivity index (χ4n) is 1.81. The molecule has 20 heavy (non-hydrogen) atoms. The summed E-state index contributed by atoms with van der Waals surface area (Å²) in [6.07, 6.45) is 5.90. The Hall–Kier alpha value is -2.17. The third kappa shape index (κ3) is 4.50. The van der Waals surface area contributed by atoms with Crippen molar-refractivity contribution in [2.24, 2.45) is 0 Å². The SMILES string of the molecule is CCCCNc1nc(C)cc(NCc2cccnc2)n1. The summed E-state index contributed by atoms with van der Waals surface area (Å²) in [4.78, 5) is 12.9. The zero-order valence-corrected chi connectivity index (χ0v) is 12.1. The normalized spacial score (nSPS) is 10.3. The Balaban J connectivity index is 1.97. The van der Waals surface area contributed by atoms with Crippen molar-refractivity contribution in [3.63, 3.8) is 0 Å². The second kappa shape index (κ2) is 7.43. The Morgan fingerprint density at radius 1 is 1.20 bits per heavy atom. The standard InChI is InChI=1S/C15H21N5/c1-3-4-8-17-15-19-12(2)9-14(20-15)18-11-13-6-5-7-16-10-13/h5-7,9-10H,3-4,8,11H2,1-2H3,(H2,17,18,19,20). The first-order chi connectivity index (χ1) is 9.78. The predicted molar refractivity (Wildman–Crippen MR) is 81.7 cm³/mol. The van der Waals surface area contributed by atoms with Crippen LogP contribution in [-0.4, -0.2) is 21.5 Å². The van der Waals surface area contributed by atoms with Crippen molar-refractivity contribution in [2.45, 2.75) is 33.2 Å². The molecule has 106 valence electrons. The van der Waals surface area contributed by atoms with E-state index in [1.807, 2.05) is 31.3 Å². The van der Waals surface area contributed by atoms with Gasteiger partial charge in [-0.25, -0.2) is 4.98 Å². The smallest absolute Gasteiger partial charge is 0.224 e. The lowest BCUT2D eigenvalue weighted by molar-refractivity contribution is 0.825. The number of aromatic nitrogens is 3. The van der Waals surface area contributed by atoms with E-state index in [4.69, 9.17) is 0 Å². The number of hydrogen-bond donors (Lipinski definition) is 2. The second-order valence-corrected chi connectivity index (χ2v) is 4.71. The molecule has 2 aromatic rings. The Morgan fingerprint density at radius 2 is 2.10 bits per heavy atom. The van der Waals surface area contributed by atoms with Gasteiger partial charge >= 0.3 is 0 Å². The number of unbranched alkanes of at least 4 members (excludes halogenated alkanes) is 1. The van der Waals surface area contributed by atoms with Crippen molar-refractivity contribution in [3.8, 4) is 0 Å². The van der Waals surface area contributed by atoms with E-state index in [9.17, 15) is 0 Å². The highest BCUT2D eigenvalue weighted by Gasteiger charge is 2.02. The maximum Gasteiger partial charge on any atom is 0.224 e. The Morgan fingerprint density at radius 3 is 2.85 bits per heavy atom. The molecule has 0 spiro atoms. The van der Waals surface area contributed by atoms with Crippen LogP contribution in [0.3, 0.4) is 0 Å². The molecule has 0 saturated heterocycles. The minimum Gasteiger partial charge on any atom is -0.366 e. The van der Waals surface area contributed by atoms with Crippen LogP contribution < -0.4 is 10.6 Å². The quantitative estimate of drug-likeness (QED) is 0.758. The first-order valence-corrected chi connectivity index (χ1v) is 7.00. The third-order valence-corrected chi connectivity index (χ3v) is 2.86. The van der Waals surface area contributed by atoms with Crippen LogP contribution in [0.25, 0.3) is 0 Å². The molecule has 2 rings (SSSR count). The van der Waals surface area contributed by atoms with Gasteiger partial charge in [0.25, 0.3) is 0 Å². The van der Waals surface area contributed by atoms with Gasteiger partial charge in [-0.3, -0.25) is 4.98 Å². The van der Waals surface area contributed by atoms with E-state index in [0.717, 1.165) is 36.5 Å². The molecule has 0 aliphatic carbocycles. The molecule has 0 unspecified atom stereocenters. The molecule has 5 nitrogen and oxygen atoms in total. The van der Waals surface area contributed by atoms with Crippen molar-refractivity contribution in [2.75, 3.05) is 17.2 Å². The first kappa shape index (κ1) is 14.2. The summed E-state index contributed by atoms with van der Waals surface area (Å²) in [5, 5.41) is 6.55. The summed E-state index contributed by atoms with van der Waals surface area (Å²) >= 11 is 0. The highest BCUT2D eigenvalue weighted by atomic mass is 15.1. The van der Waals surface area contributed by atoms with Crippen LogP contribution in [0, 0.1) is 6.92 Å². The number of hydrogen-bond acceptors (Lipinski definition) is 5. The number of anilines is 2. The molecule has 0 amide bonds. The van der Waals surface area contributed by atoms with Crippen molar-refractivity contribution in [1.29, 1.82) is 0 Å². The van der Waals surface area contributed by atoms with E-state index < -0.39 is 0 Å². The van der Waals surface area contributed by atoms with Crippen molar-refractivity contribution in [3.05, 3.63) is 41.9 Å². The van der Waals surface area contributed by atoms with Crippen LogP contribution in [0.4, 0.5) is 11.8 Å². The summed E-state index contributed by atoms with van der Waals surface area (Å²) in [6, 6.07) is 5.91. The van der Waals surface area contributed by atoms with E-state index in [-0.39, 0.29) is 0 Å². The summed E-state index contributed by atoms with van der Waals surface area (Å²) in [7, 11) is 0. The number of rotatable bonds is 7. The largest absolute Gasteiger partial charge is 0.366 e. The van der Waals surface area contributed by atoms with Gasteiger partial charge < -0.3 is 10.6 Å². The van der Waals surface area contributed by atoms with Crippen LogP contribution in [-0.2, 0) is 6.54 Å². The van der Waals surface area contributed by atoms with Crippen LogP contribution in [0.2, 0.25) is 0 Å². The van der Waals surface area contributed by atoms with Crippen molar-refractivity contribution < 1.29 is 0 Å². The lowest BCUT2D eigenvalue weighted by Crippen LogP contribution is -2.09. The van der Waals surface area contributed by atoms with E-state index in [1.54, 1.807) is 6.20 Å². The van der Waals surface area contributed by atoms with E-state index in [1.165, 1.54) is 0 Å². The maximum atomic E-state index is 4.47. The van der Waals surface area contributed by atoms with Crippen molar-refractivity contribution >= 4 is 11.8 Å². The van der Waals surface area contributed by atoms with Crippen LogP contribution in [0.15, 0.2) is 30.6 Å². The van der Waals surface area contributed by atoms with Crippen LogP contribution in [0.1, 0.15) is 31.0 Å².